The second-order valence-corrected chi connectivity index (χ2v) is 4.86. The fraction of sp³-hybridized carbons (Fsp3) is 0.133. The zero-order valence-electron chi connectivity index (χ0n) is 11.0. The molecule has 0 saturated carbocycles. The number of methoxy groups -OCH3 is 1. The molecule has 0 bridgehead atoms. The van der Waals surface area contributed by atoms with E-state index in [0.29, 0.717) is 11.4 Å². The molecule has 0 saturated heterocycles. The number of aromatic nitrogens is 2. The Balaban J connectivity index is 2.24. The first-order valence-electron chi connectivity index (χ1n) is 6.09. The minimum absolute atomic E-state index is 0.0593. The molecule has 3 nitrogen and oxygen atoms in total. The van der Waals surface area contributed by atoms with Crippen LogP contribution in [-0.4, -0.2) is 17.1 Å². The molecular formula is C15H12ClFN2O. The number of ether oxygens (including phenoxy) is 1. The van der Waals surface area contributed by atoms with Crippen molar-refractivity contribution in [3.05, 3.63) is 46.7 Å². The van der Waals surface area contributed by atoms with Crippen LogP contribution in [0.15, 0.2) is 30.3 Å². The number of rotatable bonds is 2. The normalized spacial score (nSPS) is 11.0. The first-order valence-corrected chi connectivity index (χ1v) is 6.47. The van der Waals surface area contributed by atoms with Gasteiger partial charge in [0, 0.05) is 5.56 Å². The Kier molecular flexibility index (Phi) is 3.10. The van der Waals surface area contributed by atoms with Crippen molar-refractivity contribution in [2.24, 2.45) is 0 Å². The van der Waals surface area contributed by atoms with Crippen molar-refractivity contribution >= 4 is 22.6 Å². The van der Waals surface area contributed by atoms with Crippen molar-refractivity contribution in [1.82, 2.24) is 9.97 Å². The summed E-state index contributed by atoms with van der Waals surface area (Å²) in [5, 5.41) is 0.267. The van der Waals surface area contributed by atoms with E-state index in [9.17, 15) is 4.39 Å². The van der Waals surface area contributed by atoms with E-state index in [4.69, 9.17) is 16.3 Å². The number of hydrogen-bond acceptors (Lipinski definition) is 2. The summed E-state index contributed by atoms with van der Waals surface area (Å²) in [7, 11) is 1.39. The molecule has 0 aliphatic carbocycles. The highest BCUT2D eigenvalue weighted by atomic mass is 35.5. The Morgan fingerprint density at radius 2 is 2.05 bits per heavy atom. The molecule has 3 rings (SSSR count). The van der Waals surface area contributed by atoms with Gasteiger partial charge in [0.15, 0.2) is 11.6 Å². The fourth-order valence-corrected chi connectivity index (χ4v) is 2.48. The maximum absolute atomic E-state index is 14.0. The highest BCUT2D eigenvalue weighted by Gasteiger charge is 2.17. The lowest BCUT2D eigenvalue weighted by Gasteiger charge is -2.10. The van der Waals surface area contributed by atoms with Gasteiger partial charge in [-0.1, -0.05) is 23.7 Å². The second kappa shape index (κ2) is 4.80. The number of hydrogen-bond donors (Lipinski definition) is 1. The Morgan fingerprint density at radius 1 is 1.30 bits per heavy atom. The van der Waals surface area contributed by atoms with Crippen LogP contribution in [0, 0.1) is 12.7 Å². The number of para-hydroxylation sites is 2. The average Bonchev–Trinajstić information content (AvgIpc) is 2.87. The van der Waals surface area contributed by atoms with Gasteiger partial charge >= 0.3 is 0 Å². The summed E-state index contributed by atoms with van der Waals surface area (Å²) in [4.78, 5) is 7.63. The minimum Gasteiger partial charge on any atom is -0.492 e. The molecule has 3 aromatic rings. The number of imidazole rings is 1. The number of nitrogens with one attached hydrogen (secondary N) is 1. The quantitative estimate of drug-likeness (QED) is 0.762. The number of fused-ring (bicyclic) bond motifs is 1. The summed E-state index contributed by atoms with van der Waals surface area (Å²) < 4.78 is 19.0. The third kappa shape index (κ3) is 1.93. The van der Waals surface area contributed by atoms with Gasteiger partial charge in [-0.25, -0.2) is 9.37 Å². The topological polar surface area (TPSA) is 37.9 Å². The van der Waals surface area contributed by atoms with Gasteiger partial charge in [-0.2, -0.15) is 0 Å². The highest BCUT2D eigenvalue weighted by Crippen LogP contribution is 2.37. The standard InChI is InChI=1S/C15H12ClFN2O/c1-8-9(7-10(17)14(20-2)13(8)16)15-18-11-5-3-4-6-12(11)19-15/h3-7H,1-2H3,(H,18,19). The Labute approximate surface area is 120 Å². The van der Waals surface area contributed by atoms with Gasteiger partial charge in [-0.15, -0.1) is 0 Å². The van der Waals surface area contributed by atoms with Crippen molar-refractivity contribution in [1.29, 1.82) is 0 Å². The van der Waals surface area contributed by atoms with Crippen LogP contribution in [0.5, 0.6) is 5.75 Å². The Hall–Kier alpha value is -2.07. The van der Waals surface area contributed by atoms with Crippen LogP contribution in [0.4, 0.5) is 4.39 Å². The lowest BCUT2D eigenvalue weighted by atomic mass is 10.1. The molecule has 0 aliphatic rings. The van der Waals surface area contributed by atoms with Crippen LogP contribution >= 0.6 is 11.6 Å². The van der Waals surface area contributed by atoms with E-state index in [-0.39, 0.29) is 10.8 Å². The molecule has 0 radical (unpaired) electrons. The first-order chi connectivity index (χ1) is 9.61. The lowest BCUT2D eigenvalue weighted by Crippen LogP contribution is -1.95. The van der Waals surface area contributed by atoms with Crippen LogP contribution in [0.1, 0.15) is 5.56 Å². The molecule has 0 fully saturated rings. The average molecular weight is 291 g/mol. The number of aromatic amines is 1. The zero-order valence-corrected chi connectivity index (χ0v) is 11.8. The van der Waals surface area contributed by atoms with Gasteiger partial charge < -0.3 is 9.72 Å². The Morgan fingerprint density at radius 3 is 2.75 bits per heavy atom. The number of benzene rings is 2. The van der Waals surface area contributed by atoms with E-state index >= 15 is 0 Å². The molecule has 0 amide bonds. The summed E-state index contributed by atoms with van der Waals surface area (Å²) >= 11 is 6.15. The minimum atomic E-state index is -0.501. The summed E-state index contributed by atoms with van der Waals surface area (Å²) in [6.45, 7) is 1.81. The highest BCUT2D eigenvalue weighted by molar-refractivity contribution is 6.33. The molecule has 2 aromatic carbocycles. The van der Waals surface area contributed by atoms with Crippen LogP contribution in [0.3, 0.4) is 0 Å². The van der Waals surface area contributed by atoms with Gasteiger partial charge in [0.25, 0.3) is 0 Å². The molecule has 1 aromatic heterocycles. The maximum Gasteiger partial charge on any atom is 0.173 e. The van der Waals surface area contributed by atoms with Crippen LogP contribution in [-0.2, 0) is 0 Å². The van der Waals surface area contributed by atoms with E-state index in [2.05, 4.69) is 9.97 Å². The summed E-state index contributed by atoms with van der Waals surface area (Å²) in [6.07, 6.45) is 0. The summed E-state index contributed by atoms with van der Waals surface area (Å²) in [6, 6.07) is 9.02. The maximum atomic E-state index is 14.0. The van der Waals surface area contributed by atoms with Crippen LogP contribution in [0.25, 0.3) is 22.4 Å². The van der Waals surface area contributed by atoms with Crippen LogP contribution in [0.2, 0.25) is 5.02 Å². The predicted octanol–water partition coefficient (Wildman–Crippen LogP) is 4.34. The molecule has 102 valence electrons. The van der Waals surface area contributed by atoms with Gasteiger partial charge in [0.1, 0.15) is 5.82 Å². The van der Waals surface area contributed by atoms with E-state index < -0.39 is 5.82 Å². The SMILES string of the molecule is COc1c(F)cc(-c2nc3ccccc3[nH]2)c(C)c1Cl. The van der Waals surface area contributed by atoms with E-state index in [1.165, 1.54) is 13.2 Å². The smallest absolute Gasteiger partial charge is 0.173 e. The third-order valence-corrected chi connectivity index (χ3v) is 3.72. The molecule has 1 N–H and O–H groups in total. The van der Waals surface area contributed by atoms with Gasteiger partial charge in [-0.05, 0) is 30.7 Å². The Bertz CT molecular complexity index is 765. The first kappa shape index (κ1) is 12.9. The monoisotopic (exact) mass is 290 g/mol. The molecule has 5 heteroatoms. The van der Waals surface area contributed by atoms with Gasteiger partial charge in [-0.3, -0.25) is 0 Å². The largest absolute Gasteiger partial charge is 0.492 e. The molecule has 0 atom stereocenters. The van der Waals surface area contributed by atoms with Crippen molar-refractivity contribution < 1.29 is 9.13 Å². The molecule has 0 unspecified atom stereocenters. The summed E-state index contributed by atoms with van der Waals surface area (Å²) in [5.41, 5.74) is 3.08. The zero-order chi connectivity index (χ0) is 14.3. The molecule has 0 spiro atoms. The van der Waals surface area contributed by atoms with Crippen molar-refractivity contribution in [3.63, 3.8) is 0 Å². The number of H-pyrrole nitrogens is 1. The molecule has 20 heavy (non-hydrogen) atoms. The molecule has 1 heterocycles. The van der Waals surface area contributed by atoms with Gasteiger partial charge in [0.05, 0.1) is 23.2 Å². The molecule has 0 aliphatic heterocycles. The number of halogens is 2. The van der Waals surface area contributed by atoms with Crippen LogP contribution < -0.4 is 4.74 Å². The molecular weight excluding hydrogens is 279 g/mol. The lowest BCUT2D eigenvalue weighted by molar-refractivity contribution is 0.386. The number of nitrogens with zero attached hydrogens (tertiary/aromatic N) is 1. The third-order valence-electron chi connectivity index (χ3n) is 3.27. The fourth-order valence-electron chi connectivity index (χ4n) is 2.21. The van der Waals surface area contributed by atoms with E-state index in [1.54, 1.807) is 0 Å². The predicted molar refractivity (Wildman–Crippen MR) is 77.8 cm³/mol. The van der Waals surface area contributed by atoms with E-state index in [1.807, 2.05) is 31.2 Å². The van der Waals surface area contributed by atoms with Gasteiger partial charge in [0.2, 0.25) is 0 Å². The van der Waals surface area contributed by atoms with Crippen molar-refractivity contribution in [2.45, 2.75) is 6.92 Å². The summed E-state index contributed by atoms with van der Waals surface area (Å²) in [5.74, 6) is 0.148. The van der Waals surface area contributed by atoms with Crippen molar-refractivity contribution in [3.8, 4) is 17.1 Å². The second-order valence-electron chi connectivity index (χ2n) is 4.48. The van der Waals surface area contributed by atoms with Crippen molar-refractivity contribution in [2.75, 3.05) is 7.11 Å². The van der Waals surface area contributed by atoms with E-state index in [0.717, 1.165) is 16.6 Å².